The van der Waals surface area contributed by atoms with Gasteiger partial charge in [0.25, 0.3) is 0 Å². The molecule has 0 amide bonds. The SMILES string of the molecule is CC1CC(c2ccc(C3CCC3)cc2)CCN1. The zero-order valence-corrected chi connectivity index (χ0v) is 10.8. The van der Waals surface area contributed by atoms with Crippen molar-refractivity contribution in [1.82, 2.24) is 5.32 Å². The zero-order valence-electron chi connectivity index (χ0n) is 10.8. The van der Waals surface area contributed by atoms with Crippen LogP contribution in [0.4, 0.5) is 0 Å². The summed E-state index contributed by atoms with van der Waals surface area (Å²) in [6.07, 6.45) is 6.83. The summed E-state index contributed by atoms with van der Waals surface area (Å²) in [6.45, 7) is 3.48. The minimum absolute atomic E-state index is 0.681. The molecule has 1 N–H and O–H groups in total. The largest absolute Gasteiger partial charge is 0.314 e. The highest BCUT2D eigenvalue weighted by Gasteiger charge is 2.22. The number of piperidine rings is 1. The van der Waals surface area contributed by atoms with Gasteiger partial charge in [0.15, 0.2) is 0 Å². The lowest BCUT2D eigenvalue weighted by atomic mass is 9.79. The maximum Gasteiger partial charge on any atom is 0.00445 e. The Kier molecular flexibility index (Phi) is 3.19. The Balaban J connectivity index is 1.70. The van der Waals surface area contributed by atoms with E-state index in [1.807, 2.05) is 0 Å². The van der Waals surface area contributed by atoms with Crippen LogP contribution in [0.3, 0.4) is 0 Å². The molecule has 2 fully saturated rings. The van der Waals surface area contributed by atoms with Crippen molar-refractivity contribution in [3.63, 3.8) is 0 Å². The van der Waals surface area contributed by atoms with E-state index in [4.69, 9.17) is 0 Å². The molecule has 1 heteroatoms. The zero-order chi connectivity index (χ0) is 11.7. The van der Waals surface area contributed by atoms with Gasteiger partial charge in [0, 0.05) is 6.04 Å². The Morgan fingerprint density at radius 1 is 0.941 bits per heavy atom. The predicted octanol–water partition coefficient (Wildman–Crippen LogP) is 3.81. The van der Waals surface area contributed by atoms with Crippen LogP contribution in [0.15, 0.2) is 24.3 Å². The summed E-state index contributed by atoms with van der Waals surface area (Å²) in [5.74, 6) is 1.65. The van der Waals surface area contributed by atoms with E-state index in [9.17, 15) is 0 Å². The maximum absolute atomic E-state index is 3.53. The molecule has 2 unspecified atom stereocenters. The number of nitrogens with one attached hydrogen (secondary N) is 1. The minimum Gasteiger partial charge on any atom is -0.314 e. The van der Waals surface area contributed by atoms with Crippen LogP contribution in [0, 0.1) is 0 Å². The van der Waals surface area contributed by atoms with Gasteiger partial charge in [0.2, 0.25) is 0 Å². The monoisotopic (exact) mass is 229 g/mol. The molecular weight excluding hydrogens is 206 g/mol. The summed E-state index contributed by atoms with van der Waals surface area (Å²) in [5, 5.41) is 3.53. The van der Waals surface area contributed by atoms with Gasteiger partial charge in [-0.3, -0.25) is 0 Å². The molecule has 1 saturated carbocycles. The van der Waals surface area contributed by atoms with Gasteiger partial charge in [0.05, 0.1) is 0 Å². The van der Waals surface area contributed by atoms with Crippen molar-refractivity contribution >= 4 is 0 Å². The van der Waals surface area contributed by atoms with E-state index in [2.05, 4.69) is 36.5 Å². The van der Waals surface area contributed by atoms with Gasteiger partial charge in [-0.2, -0.15) is 0 Å². The van der Waals surface area contributed by atoms with Crippen LogP contribution in [-0.4, -0.2) is 12.6 Å². The molecule has 1 heterocycles. The summed E-state index contributed by atoms with van der Waals surface area (Å²) in [5.41, 5.74) is 3.13. The molecule has 1 saturated heterocycles. The molecule has 0 bridgehead atoms. The van der Waals surface area contributed by atoms with Crippen LogP contribution in [0.2, 0.25) is 0 Å². The molecule has 1 aromatic carbocycles. The first-order chi connectivity index (χ1) is 8.33. The van der Waals surface area contributed by atoms with Crippen LogP contribution in [0.5, 0.6) is 0 Å². The van der Waals surface area contributed by atoms with Gasteiger partial charge in [-0.05, 0) is 62.1 Å². The van der Waals surface area contributed by atoms with Crippen molar-refractivity contribution < 1.29 is 0 Å². The molecule has 3 rings (SSSR count). The Bertz CT molecular complexity index is 364. The third-order valence-corrected chi connectivity index (χ3v) is 4.61. The second-order valence-electron chi connectivity index (χ2n) is 5.87. The fraction of sp³-hybridized carbons (Fsp3) is 0.625. The van der Waals surface area contributed by atoms with E-state index < -0.39 is 0 Å². The second kappa shape index (κ2) is 4.81. The molecule has 1 aliphatic carbocycles. The molecule has 0 radical (unpaired) electrons. The van der Waals surface area contributed by atoms with Gasteiger partial charge in [0.1, 0.15) is 0 Å². The summed E-state index contributed by atoms with van der Waals surface area (Å²) in [4.78, 5) is 0. The summed E-state index contributed by atoms with van der Waals surface area (Å²) in [6, 6.07) is 10.2. The van der Waals surface area contributed by atoms with E-state index in [1.165, 1.54) is 38.6 Å². The standard InChI is InChI=1S/C16H23N/c1-12-11-16(9-10-17-12)15-7-5-14(6-8-15)13-3-2-4-13/h5-8,12-13,16-17H,2-4,9-11H2,1H3. The maximum atomic E-state index is 3.53. The lowest BCUT2D eigenvalue weighted by molar-refractivity contribution is 0.381. The fourth-order valence-electron chi connectivity index (χ4n) is 3.22. The first-order valence-electron chi connectivity index (χ1n) is 7.16. The molecule has 1 nitrogen and oxygen atoms in total. The molecular formula is C16H23N. The van der Waals surface area contributed by atoms with Crippen molar-refractivity contribution in [1.29, 1.82) is 0 Å². The third-order valence-electron chi connectivity index (χ3n) is 4.61. The van der Waals surface area contributed by atoms with Gasteiger partial charge >= 0.3 is 0 Å². The Labute approximate surface area is 105 Å². The molecule has 0 spiro atoms. The highest BCUT2D eigenvalue weighted by Crippen LogP contribution is 2.37. The average molecular weight is 229 g/mol. The van der Waals surface area contributed by atoms with Crippen molar-refractivity contribution in [3.8, 4) is 0 Å². The van der Waals surface area contributed by atoms with Gasteiger partial charge in [-0.25, -0.2) is 0 Å². The molecule has 2 aliphatic rings. The van der Waals surface area contributed by atoms with E-state index in [0.29, 0.717) is 6.04 Å². The summed E-state index contributed by atoms with van der Waals surface area (Å²) < 4.78 is 0. The van der Waals surface area contributed by atoms with Crippen LogP contribution in [-0.2, 0) is 0 Å². The normalized spacial score (nSPS) is 29.9. The lowest BCUT2D eigenvalue weighted by Crippen LogP contribution is -2.34. The van der Waals surface area contributed by atoms with E-state index in [1.54, 1.807) is 11.1 Å². The number of benzene rings is 1. The van der Waals surface area contributed by atoms with Crippen molar-refractivity contribution in [3.05, 3.63) is 35.4 Å². The minimum atomic E-state index is 0.681. The van der Waals surface area contributed by atoms with E-state index >= 15 is 0 Å². The summed E-state index contributed by atoms with van der Waals surface area (Å²) in [7, 11) is 0. The van der Waals surface area contributed by atoms with Crippen LogP contribution in [0.25, 0.3) is 0 Å². The molecule has 2 atom stereocenters. The van der Waals surface area contributed by atoms with Gasteiger partial charge < -0.3 is 5.32 Å². The summed E-state index contributed by atoms with van der Waals surface area (Å²) >= 11 is 0. The molecule has 1 aromatic rings. The van der Waals surface area contributed by atoms with Crippen LogP contribution in [0.1, 0.15) is 62.0 Å². The average Bonchev–Trinajstić information content (AvgIpc) is 2.28. The number of rotatable bonds is 2. The van der Waals surface area contributed by atoms with E-state index in [0.717, 1.165) is 11.8 Å². The van der Waals surface area contributed by atoms with E-state index in [-0.39, 0.29) is 0 Å². The predicted molar refractivity (Wildman–Crippen MR) is 72.5 cm³/mol. The van der Waals surface area contributed by atoms with Gasteiger partial charge in [-0.15, -0.1) is 0 Å². The van der Waals surface area contributed by atoms with Crippen LogP contribution < -0.4 is 5.32 Å². The Morgan fingerprint density at radius 3 is 2.12 bits per heavy atom. The fourth-order valence-corrected chi connectivity index (χ4v) is 3.22. The molecule has 0 aromatic heterocycles. The van der Waals surface area contributed by atoms with Crippen LogP contribution >= 0.6 is 0 Å². The highest BCUT2D eigenvalue weighted by atomic mass is 14.9. The first kappa shape index (κ1) is 11.3. The highest BCUT2D eigenvalue weighted by molar-refractivity contribution is 5.29. The quantitative estimate of drug-likeness (QED) is 0.813. The topological polar surface area (TPSA) is 12.0 Å². The Hall–Kier alpha value is -0.820. The number of hydrogen-bond donors (Lipinski definition) is 1. The Morgan fingerprint density at radius 2 is 1.59 bits per heavy atom. The molecule has 92 valence electrons. The van der Waals surface area contributed by atoms with Crippen molar-refractivity contribution in [2.24, 2.45) is 0 Å². The first-order valence-corrected chi connectivity index (χ1v) is 7.16. The van der Waals surface area contributed by atoms with Crippen molar-refractivity contribution in [2.45, 2.75) is 56.9 Å². The molecule has 1 aliphatic heterocycles. The second-order valence-corrected chi connectivity index (χ2v) is 5.87. The molecule has 17 heavy (non-hydrogen) atoms. The lowest BCUT2D eigenvalue weighted by Gasteiger charge is -2.29. The van der Waals surface area contributed by atoms with Crippen molar-refractivity contribution in [2.75, 3.05) is 6.54 Å². The third kappa shape index (κ3) is 2.40. The number of hydrogen-bond acceptors (Lipinski definition) is 1. The smallest absolute Gasteiger partial charge is 0.00445 e. The van der Waals surface area contributed by atoms with Gasteiger partial charge in [-0.1, -0.05) is 30.7 Å².